The molecule has 2 aromatic rings. The van der Waals surface area contributed by atoms with E-state index in [-0.39, 0.29) is 11.8 Å². The summed E-state index contributed by atoms with van der Waals surface area (Å²) < 4.78 is 0. The van der Waals surface area contributed by atoms with E-state index >= 15 is 0 Å². The van der Waals surface area contributed by atoms with E-state index in [1.165, 1.54) is 49.4 Å². The van der Waals surface area contributed by atoms with Gasteiger partial charge >= 0.3 is 0 Å². The smallest absolute Gasteiger partial charge is 0.252 e. The van der Waals surface area contributed by atoms with Crippen LogP contribution in [-0.4, -0.2) is 55.2 Å². The van der Waals surface area contributed by atoms with Gasteiger partial charge in [0.1, 0.15) is 0 Å². The van der Waals surface area contributed by atoms with E-state index in [4.69, 9.17) is 0 Å². The fraction of sp³-hybridized carbons (Fsp3) is 0.481. The maximum absolute atomic E-state index is 12.9. The van der Waals surface area contributed by atoms with Crippen molar-refractivity contribution in [2.75, 3.05) is 37.3 Å². The molecule has 1 aliphatic heterocycles. The van der Waals surface area contributed by atoms with Gasteiger partial charge in [-0.15, -0.1) is 11.8 Å². The van der Waals surface area contributed by atoms with E-state index in [0.29, 0.717) is 23.9 Å². The minimum absolute atomic E-state index is 0.0580. The molecule has 33 heavy (non-hydrogen) atoms. The van der Waals surface area contributed by atoms with E-state index in [0.717, 1.165) is 36.5 Å². The summed E-state index contributed by atoms with van der Waals surface area (Å²) in [5.41, 5.74) is 2.90. The number of benzene rings is 2. The number of amides is 2. The average Bonchev–Trinajstić information content (AvgIpc) is 3.30. The minimum atomic E-state index is -0.0580. The zero-order valence-corrected chi connectivity index (χ0v) is 20.4. The molecule has 0 saturated heterocycles. The summed E-state index contributed by atoms with van der Waals surface area (Å²) in [5, 5.41) is 3.08. The Morgan fingerprint density at radius 3 is 2.67 bits per heavy atom. The Morgan fingerprint density at radius 1 is 1.06 bits per heavy atom. The summed E-state index contributed by atoms with van der Waals surface area (Å²) in [4.78, 5) is 30.9. The first-order valence-corrected chi connectivity index (χ1v) is 13.2. The number of anilines is 1. The van der Waals surface area contributed by atoms with E-state index in [9.17, 15) is 9.59 Å². The number of rotatable bonds is 9. The highest BCUT2D eigenvalue weighted by Gasteiger charge is 2.24. The van der Waals surface area contributed by atoms with E-state index in [1.807, 2.05) is 47.4 Å². The second kappa shape index (κ2) is 11.7. The van der Waals surface area contributed by atoms with Gasteiger partial charge in [0.2, 0.25) is 5.91 Å². The third-order valence-electron chi connectivity index (χ3n) is 6.84. The van der Waals surface area contributed by atoms with Crippen LogP contribution in [0.5, 0.6) is 0 Å². The summed E-state index contributed by atoms with van der Waals surface area (Å²) in [7, 11) is 2.21. The van der Waals surface area contributed by atoms with Crippen LogP contribution in [0.3, 0.4) is 0 Å². The van der Waals surface area contributed by atoms with E-state index < -0.39 is 0 Å². The maximum Gasteiger partial charge on any atom is 0.252 e. The molecular weight excluding hydrogens is 430 g/mol. The molecule has 0 aromatic heterocycles. The number of hydrogen-bond donors (Lipinski definition) is 1. The molecule has 0 spiro atoms. The number of thioether (sulfide) groups is 1. The SMILES string of the molecule is CN(CCCNC(=O)c1ccccc1SCC(=O)N1CCc2ccccc21)C1CCCCC1. The third kappa shape index (κ3) is 6.18. The molecular formula is C27H35N3O2S. The summed E-state index contributed by atoms with van der Waals surface area (Å²) in [6.07, 6.45) is 8.50. The fourth-order valence-electron chi connectivity index (χ4n) is 4.92. The zero-order valence-electron chi connectivity index (χ0n) is 19.6. The lowest BCUT2D eigenvalue weighted by Crippen LogP contribution is -2.36. The van der Waals surface area contributed by atoms with Crippen LogP contribution in [0.4, 0.5) is 5.69 Å². The number of fused-ring (bicyclic) bond motifs is 1. The number of nitrogens with one attached hydrogen (secondary N) is 1. The van der Waals surface area contributed by atoms with Gasteiger partial charge in [0.15, 0.2) is 0 Å². The summed E-state index contributed by atoms with van der Waals surface area (Å²) in [6, 6.07) is 16.4. The van der Waals surface area contributed by atoms with Crippen LogP contribution in [-0.2, 0) is 11.2 Å². The Balaban J connectivity index is 1.25. The van der Waals surface area contributed by atoms with Gasteiger partial charge in [0, 0.05) is 29.7 Å². The topological polar surface area (TPSA) is 52.7 Å². The Morgan fingerprint density at radius 2 is 1.82 bits per heavy atom. The van der Waals surface area contributed by atoms with Crippen LogP contribution in [0.25, 0.3) is 0 Å². The molecule has 1 aliphatic carbocycles. The molecule has 1 N–H and O–H groups in total. The zero-order chi connectivity index (χ0) is 23.0. The van der Waals surface area contributed by atoms with Crippen molar-refractivity contribution in [1.29, 1.82) is 0 Å². The van der Waals surface area contributed by atoms with E-state index in [2.05, 4.69) is 23.3 Å². The van der Waals surface area contributed by atoms with Gasteiger partial charge in [0.25, 0.3) is 5.91 Å². The monoisotopic (exact) mass is 465 g/mol. The van der Waals surface area contributed by atoms with Crippen LogP contribution in [0.15, 0.2) is 53.4 Å². The van der Waals surface area contributed by atoms with Crippen LogP contribution < -0.4 is 10.2 Å². The second-order valence-corrected chi connectivity index (χ2v) is 10.1. The highest BCUT2D eigenvalue weighted by Crippen LogP contribution is 2.29. The second-order valence-electron chi connectivity index (χ2n) is 9.09. The van der Waals surface area contributed by atoms with Crippen LogP contribution in [0.1, 0.15) is 54.4 Å². The molecule has 6 heteroatoms. The number of para-hydroxylation sites is 1. The minimum Gasteiger partial charge on any atom is -0.352 e. The van der Waals surface area contributed by atoms with Gasteiger partial charge < -0.3 is 15.1 Å². The van der Waals surface area contributed by atoms with Crippen LogP contribution in [0.2, 0.25) is 0 Å². The van der Waals surface area contributed by atoms with Gasteiger partial charge in [-0.2, -0.15) is 0 Å². The quantitative estimate of drug-likeness (QED) is 0.429. The lowest BCUT2D eigenvalue weighted by Gasteiger charge is -2.31. The molecule has 0 atom stereocenters. The van der Waals surface area contributed by atoms with Crippen molar-refractivity contribution in [3.63, 3.8) is 0 Å². The van der Waals surface area contributed by atoms with Gasteiger partial charge in [-0.1, -0.05) is 49.6 Å². The molecule has 0 radical (unpaired) electrons. The Hall–Kier alpha value is -2.31. The van der Waals surface area contributed by atoms with Crippen LogP contribution in [0, 0.1) is 0 Å². The first-order chi connectivity index (χ1) is 16.1. The third-order valence-corrected chi connectivity index (χ3v) is 7.90. The summed E-state index contributed by atoms with van der Waals surface area (Å²) in [6.45, 7) is 2.40. The predicted molar refractivity (Wildman–Crippen MR) is 136 cm³/mol. The Bertz CT molecular complexity index is 958. The molecule has 0 bridgehead atoms. The normalized spacial score (nSPS) is 16.1. The van der Waals surface area contributed by atoms with E-state index in [1.54, 1.807) is 0 Å². The van der Waals surface area contributed by atoms with Gasteiger partial charge in [-0.25, -0.2) is 0 Å². The Kier molecular flexibility index (Phi) is 8.46. The first-order valence-electron chi connectivity index (χ1n) is 12.2. The summed E-state index contributed by atoms with van der Waals surface area (Å²) in [5.74, 6) is 0.355. The standard InChI is InChI=1S/C27H35N3O2S/c1-29(22-11-3-2-4-12-22)18-9-17-28-27(32)23-13-6-8-15-25(23)33-20-26(31)30-19-16-21-10-5-7-14-24(21)30/h5-8,10,13-15,22H,2-4,9,11-12,16-20H2,1H3,(H,28,32). The van der Waals surface area contributed by atoms with Crippen molar-refractivity contribution < 1.29 is 9.59 Å². The fourth-order valence-corrected chi connectivity index (χ4v) is 5.85. The number of carbonyl (C=O) groups is 2. The van der Waals surface area contributed by atoms with Crippen molar-refractivity contribution in [1.82, 2.24) is 10.2 Å². The molecule has 1 heterocycles. The number of carbonyl (C=O) groups excluding carboxylic acids is 2. The maximum atomic E-state index is 12.9. The van der Waals surface area contributed by atoms with Crippen LogP contribution >= 0.6 is 11.8 Å². The lowest BCUT2D eigenvalue weighted by atomic mass is 9.94. The summed E-state index contributed by atoms with van der Waals surface area (Å²) >= 11 is 1.45. The number of nitrogens with zero attached hydrogens (tertiary/aromatic N) is 2. The highest BCUT2D eigenvalue weighted by atomic mass is 32.2. The molecule has 176 valence electrons. The highest BCUT2D eigenvalue weighted by molar-refractivity contribution is 8.00. The van der Waals surface area contributed by atoms with Crippen molar-refractivity contribution in [3.05, 3.63) is 59.7 Å². The van der Waals surface area contributed by atoms with Gasteiger partial charge in [0.05, 0.1) is 11.3 Å². The first kappa shape index (κ1) is 23.8. The molecule has 2 amide bonds. The molecule has 0 unspecified atom stereocenters. The molecule has 5 nitrogen and oxygen atoms in total. The van der Waals surface area contributed by atoms with Gasteiger partial charge in [-0.05, 0) is 63.0 Å². The lowest BCUT2D eigenvalue weighted by molar-refractivity contribution is -0.116. The van der Waals surface area contributed by atoms with Crippen molar-refractivity contribution in [2.45, 2.75) is 55.9 Å². The van der Waals surface area contributed by atoms with Crippen molar-refractivity contribution >= 4 is 29.3 Å². The van der Waals surface area contributed by atoms with Crippen molar-refractivity contribution in [2.24, 2.45) is 0 Å². The molecule has 1 saturated carbocycles. The average molecular weight is 466 g/mol. The molecule has 2 aliphatic rings. The molecule has 2 aromatic carbocycles. The number of hydrogen-bond acceptors (Lipinski definition) is 4. The molecule has 1 fully saturated rings. The van der Waals surface area contributed by atoms with Gasteiger partial charge in [-0.3, -0.25) is 9.59 Å². The van der Waals surface area contributed by atoms with Crippen molar-refractivity contribution in [3.8, 4) is 0 Å². The Labute approximate surface area is 201 Å². The largest absolute Gasteiger partial charge is 0.352 e. The molecule has 4 rings (SSSR count). The predicted octanol–water partition coefficient (Wildman–Crippen LogP) is 4.75.